The van der Waals surface area contributed by atoms with E-state index in [0.29, 0.717) is 11.5 Å². The predicted octanol–water partition coefficient (Wildman–Crippen LogP) is 3.33. The van der Waals surface area contributed by atoms with Gasteiger partial charge in [-0.15, -0.1) is 0 Å². The van der Waals surface area contributed by atoms with Crippen molar-refractivity contribution in [1.82, 2.24) is 9.97 Å². The lowest BCUT2D eigenvalue weighted by Crippen LogP contribution is -1.98. The van der Waals surface area contributed by atoms with Gasteiger partial charge in [-0.1, -0.05) is 18.2 Å². The van der Waals surface area contributed by atoms with Crippen molar-refractivity contribution in [2.45, 2.75) is 6.92 Å². The molecule has 84 valence electrons. The highest BCUT2D eigenvalue weighted by atomic mass is 35.5. The predicted molar refractivity (Wildman–Crippen MR) is 68.6 cm³/mol. The second-order valence-electron chi connectivity index (χ2n) is 3.74. The molecule has 0 saturated carbocycles. The SMILES string of the molecule is CC1=Nc2cnc(Cl)nc2Nc2ccccc21. The summed E-state index contributed by atoms with van der Waals surface area (Å²) < 4.78 is 0. The van der Waals surface area contributed by atoms with Gasteiger partial charge in [0.15, 0.2) is 5.82 Å². The Morgan fingerprint density at radius 1 is 1.24 bits per heavy atom. The van der Waals surface area contributed by atoms with Crippen molar-refractivity contribution in [2.24, 2.45) is 4.99 Å². The van der Waals surface area contributed by atoms with Gasteiger partial charge >= 0.3 is 0 Å². The third kappa shape index (κ3) is 1.76. The highest BCUT2D eigenvalue weighted by molar-refractivity contribution is 6.28. The van der Waals surface area contributed by atoms with E-state index in [2.05, 4.69) is 20.3 Å². The molecule has 1 aliphatic rings. The molecule has 0 radical (unpaired) electrons. The van der Waals surface area contributed by atoms with E-state index in [1.165, 1.54) is 0 Å². The molecule has 5 heteroatoms. The number of nitrogens with zero attached hydrogens (tertiary/aromatic N) is 3. The summed E-state index contributed by atoms with van der Waals surface area (Å²) in [6, 6.07) is 7.95. The van der Waals surface area contributed by atoms with E-state index in [1.54, 1.807) is 6.20 Å². The Kier molecular flexibility index (Phi) is 2.30. The van der Waals surface area contributed by atoms with Gasteiger partial charge in [-0.3, -0.25) is 0 Å². The Morgan fingerprint density at radius 2 is 2.06 bits per heavy atom. The van der Waals surface area contributed by atoms with E-state index in [1.807, 2.05) is 31.2 Å². The third-order valence-corrected chi connectivity index (χ3v) is 2.78. The van der Waals surface area contributed by atoms with Crippen LogP contribution in [0.3, 0.4) is 0 Å². The largest absolute Gasteiger partial charge is 0.338 e. The Morgan fingerprint density at radius 3 is 2.94 bits per heavy atom. The van der Waals surface area contributed by atoms with Crippen molar-refractivity contribution in [1.29, 1.82) is 0 Å². The number of halogens is 1. The molecule has 0 atom stereocenters. The number of hydrogen-bond donors (Lipinski definition) is 1. The number of para-hydroxylation sites is 1. The quantitative estimate of drug-likeness (QED) is 0.723. The first kappa shape index (κ1) is 10.2. The van der Waals surface area contributed by atoms with Crippen molar-refractivity contribution in [3.63, 3.8) is 0 Å². The molecule has 1 aromatic heterocycles. The lowest BCUT2D eigenvalue weighted by Gasteiger charge is -2.07. The smallest absolute Gasteiger partial charge is 0.224 e. The van der Waals surface area contributed by atoms with Gasteiger partial charge in [0.2, 0.25) is 5.28 Å². The second kappa shape index (κ2) is 3.82. The average molecular weight is 245 g/mol. The van der Waals surface area contributed by atoms with E-state index in [0.717, 1.165) is 17.0 Å². The first-order valence-corrected chi connectivity index (χ1v) is 5.56. The van der Waals surface area contributed by atoms with Crippen LogP contribution in [0.15, 0.2) is 35.5 Å². The molecule has 0 fully saturated rings. The van der Waals surface area contributed by atoms with Crippen molar-refractivity contribution in [2.75, 3.05) is 5.32 Å². The molecule has 1 N–H and O–H groups in total. The zero-order valence-electron chi connectivity index (χ0n) is 9.11. The number of benzene rings is 1. The van der Waals surface area contributed by atoms with E-state index in [4.69, 9.17) is 11.6 Å². The van der Waals surface area contributed by atoms with Crippen LogP contribution < -0.4 is 5.32 Å². The van der Waals surface area contributed by atoms with Crippen LogP contribution >= 0.6 is 11.6 Å². The van der Waals surface area contributed by atoms with Crippen LogP contribution in [0.1, 0.15) is 12.5 Å². The number of anilines is 2. The molecule has 1 aliphatic heterocycles. The van der Waals surface area contributed by atoms with Gasteiger partial charge in [0.25, 0.3) is 0 Å². The monoisotopic (exact) mass is 244 g/mol. The Balaban J connectivity index is 2.24. The minimum atomic E-state index is 0.212. The lowest BCUT2D eigenvalue weighted by atomic mass is 10.1. The van der Waals surface area contributed by atoms with E-state index >= 15 is 0 Å². The van der Waals surface area contributed by atoms with Crippen LogP contribution in [0, 0.1) is 0 Å². The number of aromatic nitrogens is 2. The van der Waals surface area contributed by atoms with Gasteiger partial charge in [0, 0.05) is 17.0 Å². The number of fused-ring (bicyclic) bond motifs is 2. The lowest BCUT2D eigenvalue weighted by molar-refractivity contribution is 1.16. The van der Waals surface area contributed by atoms with Crippen molar-refractivity contribution >= 4 is 34.5 Å². The van der Waals surface area contributed by atoms with Crippen molar-refractivity contribution in [3.05, 3.63) is 41.3 Å². The molecular weight excluding hydrogens is 236 g/mol. The normalized spacial score (nSPS) is 12.9. The third-order valence-electron chi connectivity index (χ3n) is 2.60. The molecule has 0 spiro atoms. The van der Waals surface area contributed by atoms with Gasteiger partial charge in [0.1, 0.15) is 5.69 Å². The summed E-state index contributed by atoms with van der Waals surface area (Å²) in [6.45, 7) is 1.96. The molecule has 0 aliphatic carbocycles. The van der Waals surface area contributed by atoms with Gasteiger partial charge in [-0.2, -0.15) is 4.98 Å². The average Bonchev–Trinajstić information content (AvgIpc) is 2.46. The minimum absolute atomic E-state index is 0.212. The van der Waals surface area contributed by atoms with E-state index in [-0.39, 0.29) is 5.28 Å². The van der Waals surface area contributed by atoms with Crippen molar-refractivity contribution in [3.8, 4) is 0 Å². The van der Waals surface area contributed by atoms with Crippen LogP contribution in [-0.2, 0) is 0 Å². The summed E-state index contributed by atoms with van der Waals surface area (Å²) in [5, 5.41) is 3.44. The highest BCUT2D eigenvalue weighted by Gasteiger charge is 2.14. The molecule has 2 aromatic rings. The molecular formula is C12H9ClN4. The molecule has 17 heavy (non-hydrogen) atoms. The van der Waals surface area contributed by atoms with E-state index in [9.17, 15) is 0 Å². The standard InChI is InChI=1S/C12H9ClN4/c1-7-8-4-2-3-5-9(8)16-11-10(15-7)6-14-12(13)17-11/h2-6H,1H3,(H,14,16,17). The number of nitrogens with one attached hydrogen (secondary N) is 1. The summed E-state index contributed by atoms with van der Waals surface area (Å²) in [4.78, 5) is 12.6. The zero-order valence-corrected chi connectivity index (χ0v) is 9.86. The number of hydrogen-bond acceptors (Lipinski definition) is 4. The molecule has 4 nitrogen and oxygen atoms in total. The fourth-order valence-corrected chi connectivity index (χ4v) is 1.94. The highest BCUT2D eigenvalue weighted by Crippen LogP contribution is 2.32. The molecule has 3 rings (SSSR count). The van der Waals surface area contributed by atoms with Crippen LogP contribution in [-0.4, -0.2) is 15.7 Å². The summed E-state index contributed by atoms with van der Waals surface area (Å²) in [5.41, 5.74) is 3.66. The molecule has 2 heterocycles. The van der Waals surface area contributed by atoms with Crippen molar-refractivity contribution < 1.29 is 0 Å². The Labute approximate surface area is 103 Å². The minimum Gasteiger partial charge on any atom is -0.338 e. The molecule has 0 amide bonds. The Hall–Kier alpha value is -1.94. The molecule has 0 saturated heterocycles. The van der Waals surface area contributed by atoms with Gasteiger partial charge in [-0.25, -0.2) is 9.98 Å². The molecule has 1 aromatic carbocycles. The Bertz CT molecular complexity index is 622. The summed E-state index contributed by atoms with van der Waals surface area (Å²) in [6.07, 6.45) is 1.62. The fourth-order valence-electron chi connectivity index (χ4n) is 1.80. The zero-order chi connectivity index (χ0) is 11.8. The molecule has 0 bridgehead atoms. The topological polar surface area (TPSA) is 50.2 Å². The van der Waals surface area contributed by atoms with E-state index < -0.39 is 0 Å². The summed E-state index contributed by atoms with van der Waals surface area (Å²) >= 11 is 5.78. The summed E-state index contributed by atoms with van der Waals surface area (Å²) in [7, 11) is 0. The van der Waals surface area contributed by atoms with Gasteiger partial charge in [0.05, 0.1) is 6.20 Å². The van der Waals surface area contributed by atoms with Crippen LogP contribution in [0.4, 0.5) is 17.2 Å². The fraction of sp³-hybridized carbons (Fsp3) is 0.0833. The number of rotatable bonds is 0. The first-order chi connectivity index (χ1) is 8.24. The summed E-state index contributed by atoms with van der Waals surface area (Å²) in [5.74, 6) is 0.634. The van der Waals surface area contributed by atoms with Gasteiger partial charge in [-0.05, 0) is 24.6 Å². The maximum absolute atomic E-state index is 5.78. The first-order valence-electron chi connectivity index (χ1n) is 5.18. The number of aliphatic imine (C=N–C) groups is 1. The van der Waals surface area contributed by atoms with Crippen LogP contribution in [0.25, 0.3) is 0 Å². The van der Waals surface area contributed by atoms with Crippen LogP contribution in [0.2, 0.25) is 5.28 Å². The maximum Gasteiger partial charge on any atom is 0.224 e. The molecule has 0 unspecified atom stereocenters. The second-order valence-corrected chi connectivity index (χ2v) is 4.08. The maximum atomic E-state index is 5.78. The van der Waals surface area contributed by atoms with Crippen LogP contribution in [0.5, 0.6) is 0 Å². The van der Waals surface area contributed by atoms with Gasteiger partial charge < -0.3 is 5.32 Å².